The first-order chi connectivity index (χ1) is 18.8. The van der Waals surface area contributed by atoms with Crippen LogP contribution in [-0.2, 0) is 27.7 Å². The van der Waals surface area contributed by atoms with E-state index in [0.29, 0.717) is 47.6 Å². The number of aromatic amines is 1. The summed E-state index contributed by atoms with van der Waals surface area (Å²) < 4.78 is 33.4. The van der Waals surface area contributed by atoms with E-state index in [1.54, 1.807) is 36.4 Å². The van der Waals surface area contributed by atoms with E-state index in [9.17, 15) is 23.1 Å². The molecule has 5 aromatic rings. The van der Waals surface area contributed by atoms with E-state index in [1.165, 1.54) is 18.2 Å². The van der Waals surface area contributed by atoms with Crippen molar-refractivity contribution in [2.24, 2.45) is 0 Å². The largest absolute Gasteiger partial charge is 0.480 e. The van der Waals surface area contributed by atoms with Crippen LogP contribution in [0.2, 0.25) is 0 Å². The molecular weight excluding hydrogens is 520 g/mol. The second-order valence-corrected chi connectivity index (χ2v) is 10.8. The number of H-pyrrole nitrogens is 1. The molecule has 3 aromatic carbocycles. The summed E-state index contributed by atoms with van der Waals surface area (Å²) >= 11 is 0. The Hall–Kier alpha value is -4.48. The number of sulfonamides is 1. The molecule has 10 nitrogen and oxygen atoms in total. The molecule has 0 saturated carbocycles. The van der Waals surface area contributed by atoms with Gasteiger partial charge in [0.1, 0.15) is 17.4 Å². The smallest absolute Gasteiger partial charge is 0.322 e. The SMILES string of the molecule is O=C(O)[C@H](Cc1ccc2oc(CCCNc3nc4ccccc4[nH]3)cc(=O)c2c1)NS(=O)(=O)c1ccccc1. The van der Waals surface area contributed by atoms with Crippen molar-refractivity contribution in [1.82, 2.24) is 14.7 Å². The number of fused-ring (bicyclic) bond motifs is 2. The molecule has 2 aromatic heterocycles. The number of aryl methyl sites for hydroxylation is 1. The zero-order valence-corrected chi connectivity index (χ0v) is 21.6. The Morgan fingerprint density at radius 2 is 1.79 bits per heavy atom. The van der Waals surface area contributed by atoms with E-state index in [4.69, 9.17) is 4.42 Å². The third-order valence-corrected chi connectivity index (χ3v) is 7.70. The zero-order valence-electron chi connectivity index (χ0n) is 20.8. The van der Waals surface area contributed by atoms with E-state index >= 15 is 0 Å². The fourth-order valence-electron chi connectivity index (χ4n) is 4.28. The Morgan fingerprint density at radius 1 is 1.03 bits per heavy atom. The molecule has 0 bridgehead atoms. The Labute approximate surface area is 223 Å². The van der Waals surface area contributed by atoms with E-state index in [2.05, 4.69) is 20.0 Å². The lowest BCUT2D eigenvalue weighted by Gasteiger charge is -2.15. The third kappa shape index (κ3) is 6.16. The maximum atomic E-state index is 12.8. The minimum atomic E-state index is -4.04. The number of carbonyl (C=O) groups is 1. The average Bonchev–Trinajstić information content (AvgIpc) is 3.34. The number of nitrogens with zero attached hydrogens (tertiary/aromatic N) is 1. The van der Waals surface area contributed by atoms with Crippen LogP contribution in [0.3, 0.4) is 0 Å². The number of carboxylic acids is 1. The number of aromatic nitrogens is 2. The number of rotatable bonds is 11. The summed E-state index contributed by atoms with van der Waals surface area (Å²) in [4.78, 5) is 32.3. The number of para-hydroxylation sites is 2. The molecule has 4 N–H and O–H groups in total. The molecular formula is C28H26N4O6S. The van der Waals surface area contributed by atoms with Crippen molar-refractivity contribution in [2.45, 2.75) is 30.2 Å². The molecule has 0 saturated heterocycles. The van der Waals surface area contributed by atoms with Crippen molar-refractivity contribution >= 4 is 43.9 Å². The van der Waals surface area contributed by atoms with Gasteiger partial charge in [-0.15, -0.1) is 0 Å². The second kappa shape index (κ2) is 11.1. The summed E-state index contributed by atoms with van der Waals surface area (Å²) in [7, 11) is -4.04. The number of imidazole rings is 1. The predicted octanol–water partition coefficient (Wildman–Crippen LogP) is 3.69. The van der Waals surface area contributed by atoms with Crippen LogP contribution in [0.5, 0.6) is 0 Å². The van der Waals surface area contributed by atoms with Gasteiger partial charge in [0, 0.05) is 19.0 Å². The maximum Gasteiger partial charge on any atom is 0.322 e. The summed E-state index contributed by atoms with van der Waals surface area (Å²) in [6.45, 7) is 0.621. The van der Waals surface area contributed by atoms with Crippen LogP contribution in [0.15, 0.2) is 93.0 Å². The molecule has 2 heterocycles. The summed E-state index contributed by atoms with van der Waals surface area (Å²) in [6.07, 6.45) is 1.08. The normalized spacial score (nSPS) is 12.5. The molecule has 0 fully saturated rings. The van der Waals surface area contributed by atoms with Gasteiger partial charge in [-0.2, -0.15) is 4.72 Å². The highest BCUT2D eigenvalue weighted by Crippen LogP contribution is 2.18. The molecule has 0 amide bonds. The third-order valence-electron chi connectivity index (χ3n) is 6.21. The lowest BCUT2D eigenvalue weighted by molar-refractivity contribution is -0.138. The van der Waals surface area contributed by atoms with Gasteiger partial charge in [-0.25, -0.2) is 13.4 Å². The fourth-order valence-corrected chi connectivity index (χ4v) is 5.49. The van der Waals surface area contributed by atoms with Crippen LogP contribution in [-0.4, -0.2) is 42.0 Å². The van der Waals surface area contributed by atoms with Gasteiger partial charge in [-0.3, -0.25) is 9.59 Å². The topological polar surface area (TPSA) is 154 Å². The Balaban J connectivity index is 1.24. The van der Waals surface area contributed by atoms with Gasteiger partial charge in [-0.1, -0.05) is 36.4 Å². The maximum absolute atomic E-state index is 12.8. The summed E-state index contributed by atoms with van der Waals surface area (Å²) in [5.74, 6) is -0.117. The number of anilines is 1. The number of benzene rings is 3. The fraction of sp³-hybridized carbons (Fsp3) is 0.179. The lowest BCUT2D eigenvalue weighted by Crippen LogP contribution is -2.42. The van der Waals surface area contributed by atoms with Gasteiger partial charge < -0.3 is 19.8 Å². The average molecular weight is 547 g/mol. The molecule has 0 aliphatic heterocycles. The van der Waals surface area contributed by atoms with Crippen LogP contribution >= 0.6 is 0 Å². The van der Waals surface area contributed by atoms with Crippen molar-refractivity contribution in [3.63, 3.8) is 0 Å². The highest BCUT2D eigenvalue weighted by Gasteiger charge is 2.26. The minimum absolute atomic E-state index is 0.0317. The van der Waals surface area contributed by atoms with E-state index < -0.39 is 22.0 Å². The van der Waals surface area contributed by atoms with Crippen LogP contribution < -0.4 is 15.5 Å². The predicted molar refractivity (Wildman–Crippen MR) is 147 cm³/mol. The van der Waals surface area contributed by atoms with Gasteiger partial charge in [0.25, 0.3) is 0 Å². The summed E-state index contributed by atoms with van der Waals surface area (Å²) in [5.41, 5.74) is 2.44. The molecule has 0 spiro atoms. The number of carboxylic acid groups (broad SMARTS) is 1. The van der Waals surface area contributed by atoms with Gasteiger partial charge in [-0.05, 0) is 54.8 Å². The first-order valence-electron chi connectivity index (χ1n) is 12.3. The first-order valence-corrected chi connectivity index (χ1v) is 13.8. The van der Waals surface area contributed by atoms with Crippen molar-refractivity contribution in [3.05, 3.63) is 100 Å². The number of nitrogens with one attached hydrogen (secondary N) is 3. The van der Waals surface area contributed by atoms with Crippen molar-refractivity contribution in [1.29, 1.82) is 0 Å². The quantitative estimate of drug-likeness (QED) is 0.183. The molecule has 11 heteroatoms. The van der Waals surface area contributed by atoms with Crippen molar-refractivity contribution < 1.29 is 22.7 Å². The van der Waals surface area contributed by atoms with Gasteiger partial charge >= 0.3 is 5.97 Å². The number of aliphatic carboxylic acids is 1. The Kier molecular flexibility index (Phi) is 7.44. The van der Waals surface area contributed by atoms with Crippen LogP contribution in [0.25, 0.3) is 22.0 Å². The second-order valence-electron chi connectivity index (χ2n) is 9.07. The van der Waals surface area contributed by atoms with E-state index in [1.807, 2.05) is 24.3 Å². The highest BCUT2D eigenvalue weighted by atomic mass is 32.2. The summed E-state index contributed by atoms with van der Waals surface area (Å²) in [5, 5.41) is 13.2. The Bertz CT molecular complexity index is 1760. The molecule has 5 rings (SSSR count). The monoisotopic (exact) mass is 546 g/mol. The molecule has 200 valence electrons. The van der Waals surface area contributed by atoms with E-state index in [-0.39, 0.29) is 16.7 Å². The molecule has 0 aliphatic carbocycles. The first kappa shape index (κ1) is 26.1. The van der Waals surface area contributed by atoms with Crippen LogP contribution in [0.1, 0.15) is 17.7 Å². The number of hydrogen-bond donors (Lipinski definition) is 4. The Morgan fingerprint density at radius 3 is 2.56 bits per heavy atom. The molecule has 0 radical (unpaired) electrons. The minimum Gasteiger partial charge on any atom is -0.480 e. The van der Waals surface area contributed by atoms with Crippen LogP contribution in [0.4, 0.5) is 5.95 Å². The van der Waals surface area contributed by atoms with Gasteiger partial charge in [0.2, 0.25) is 16.0 Å². The lowest BCUT2D eigenvalue weighted by atomic mass is 10.0. The summed E-state index contributed by atoms with van der Waals surface area (Å²) in [6, 6.07) is 20.1. The standard InChI is InChI=1S/C28H26N4O6S/c33-25-17-19(7-6-14-29-28-30-22-10-4-5-11-23(22)31-28)38-26-13-12-18(15-21(25)26)16-24(27(34)35)32-39(36,37)20-8-2-1-3-9-20/h1-5,8-13,15,17,24,32H,6-7,14,16H2,(H,34,35)(H2,29,30,31)/t24-/m0/s1. The van der Waals surface area contributed by atoms with Crippen LogP contribution in [0, 0.1) is 0 Å². The molecule has 0 aliphatic rings. The van der Waals surface area contributed by atoms with Gasteiger partial charge in [0.15, 0.2) is 5.43 Å². The highest BCUT2D eigenvalue weighted by molar-refractivity contribution is 7.89. The molecule has 39 heavy (non-hydrogen) atoms. The zero-order chi connectivity index (χ0) is 27.4. The van der Waals surface area contributed by atoms with Gasteiger partial charge in [0.05, 0.1) is 21.3 Å². The number of hydrogen-bond acceptors (Lipinski definition) is 7. The van der Waals surface area contributed by atoms with E-state index in [0.717, 1.165) is 11.0 Å². The molecule has 1 atom stereocenters. The van der Waals surface area contributed by atoms with Crippen molar-refractivity contribution in [3.8, 4) is 0 Å². The van der Waals surface area contributed by atoms with Crippen molar-refractivity contribution in [2.75, 3.05) is 11.9 Å². The molecule has 0 unspecified atom stereocenters.